The summed E-state index contributed by atoms with van der Waals surface area (Å²) in [6.07, 6.45) is 5.47. The molecule has 1 aromatic carbocycles. The van der Waals surface area contributed by atoms with Crippen LogP contribution in [-0.4, -0.2) is 20.2 Å². The van der Waals surface area contributed by atoms with Gasteiger partial charge in [-0.25, -0.2) is 0 Å². The smallest absolute Gasteiger partial charge is 0.119 e. The third kappa shape index (κ3) is 3.94. The fraction of sp³-hybridized carbons (Fsp3) is 0.600. The topological polar surface area (TPSA) is 47.3 Å². The van der Waals surface area contributed by atoms with E-state index in [0.29, 0.717) is 6.54 Å². The van der Waals surface area contributed by atoms with E-state index in [2.05, 4.69) is 27.3 Å². The lowest BCUT2D eigenvalue weighted by Crippen LogP contribution is -2.31. The lowest BCUT2D eigenvalue weighted by Gasteiger charge is -2.27. The number of rotatable bonds is 7. The second kappa shape index (κ2) is 7.27. The van der Waals surface area contributed by atoms with Gasteiger partial charge in [0.15, 0.2) is 0 Å². The molecule has 1 aliphatic rings. The van der Waals surface area contributed by atoms with Gasteiger partial charge in [0.2, 0.25) is 0 Å². The summed E-state index contributed by atoms with van der Waals surface area (Å²) in [7, 11) is 1.69. The largest absolute Gasteiger partial charge is 0.497 e. The second-order valence-electron chi connectivity index (χ2n) is 5.22. The molecule has 0 amide bonds. The van der Waals surface area contributed by atoms with Gasteiger partial charge in [0.1, 0.15) is 5.75 Å². The van der Waals surface area contributed by atoms with Crippen LogP contribution in [0.25, 0.3) is 0 Å². The Hall–Kier alpha value is -0.580. The number of hydrogen-bond donors (Lipinski definition) is 2. The molecule has 0 saturated heterocycles. The molecular formula is C15H23BrN2O. The minimum Gasteiger partial charge on any atom is -0.497 e. The Morgan fingerprint density at radius 1 is 1.47 bits per heavy atom. The molecule has 1 aromatic rings. The molecule has 1 saturated carbocycles. The number of hydrogen-bond acceptors (Lipinski definition) is 3. The van der Waals surface area contributed by atoms with Crippen LogP contribution in [0.4, 0.5) is 0 Å². The highest BCUT2D eigenvalue weighted by atomic mass is 79.9. The molecule has 3 nitrogen and oxygen atoms in total. The predicted octanol–water partition coefficient (Wildman–Crippen LogP) is 3.24. The van der Waals surface area contributed by atoms with E-state index >= 15 is 0 Å². The Labute approximate surface area is 124 Å². The molecule has 1 aliphatic carbocycles. The SMILES string of the molecule is COc1ccc(Br)c(C(CN)NCCC2CCC2)c1. The van der Waals surface area contributed by atoms with E-state index in [9.17, 15) is 0 Å². The van der Waals surface area contributed by atoms with E-state index in [-0.39, 0.29) is 6.04 Å². The average Bonchev–Trinajstić information content (AvgIpc) is 2.38. The van der Waals surface area contributed by atoms with Gasteiger partial charge in [-0.3, -0.25) is 0 Å². The Balaban J connectivity index is 1.94. The third-order valence-electron chi connectivity index (χ3n) is 3.98. The van der Waals surface area contributed by atoms with Crippen LogP contribution in [0.5, 0.6) is 5.75 Å². The maximum atomic E-state index is 5.90. The van der Waals surface area contributed by atoms with Gasteiger partial charge in [-0.2, -0.15) is 0 Å². The van der Waals surface area contributed by atoms with Gasteiger partial charge < -0.3 is 15.8 Å². The van der Waals surface area contributed by atoms with Crippen molar-refractivity contribution in [3.63, 3.8) is 0 Å². The summed E-state index contributed by atoms with van der Waals surface area (Å²) >= 11 is 3.60. The zero-order valence-corrected chi connectivity index (χ0v) is 13.1. The number of methoxy groups -OCH3 is 1. The maximum Gasteiger partial charge on any atom is 0.119 e. The molecule has 0 aliphatic heterocycles. The molecule has 0 aromatic heterocycles. The van der Waals surface area contributed by atoms with Crippen LogP contribution in [0.3, 0.4) is 0 Å². The summed E-state index contributed by atoms with van der Waals surface area (Å²) in [4.78, 5) is 0. The van der Waals surface area contributed by atoms with Crippen molar-refractivity contribution in [3.05, 3.63) is 28.2 Å². The maximum absolute atomic E-state index is 5.90. The van der Waals surface area contributed by atoms with Crippen LogP contribution in [-0.2, 0) is 0 Å². The van der Waals surface area contributed by atoms with Gasteiger partial charge in [-0.1, -0.05) is 35.2 Å². The van der Waals surface area contributed by atoms with Gasteiger partial charge in [-0.15, -0.1) is 0 Å². The minimum absolute atomic E-state index is 0.185. The van der Waals surface area contributed by atoms with Crippen LogP contribution >= 0.6 is 15.9 Å². The minimum atomic E-state index is 0.185. The summed E-state index contributed by atoms with van der Waals surface area (Å²) < 4.78 is 6.37. The highest BCUT2D eigenvalue weighted by molar-refractivity contribution is 9.10. The van der Waals surface area contributed by atoms with Crippen LogP contribution in [0.15, 0.2) is 22.7 Å². The van der Waals surface area contributed by atoms with E-state index in [1.54, 1.807) is 7.11 Å². The van der Waals surface area contributed by atoms with E-state index in [0.717, 1.165) is 22.7 Å². The van der Waals surface area contributed by atoms with Crippen molar-refractivity contribution in [2.45, 2.75) is 31.7 Å². The molecule has 2 rings (SSSR count). The van der Waals surface area contributed by atoms with Crippen LogP contribution in [0.1, 0.15) is 37.3 Å². The molecule has 1 atom stereocenters. The summed E-state index contributed by atoms with van der Waals surface area (Å²) in [6.45, 7) is 1.63. The van der Waals surface area contributed by atoms with Crippen molar-refractivity contribution in [1.82, 2.24) is 5.32 Å². The third-order valence-corrected chi connectivity index (χ3v) is 4.70. The molecular weight excluding hydrogens is 304 g/mol. The van der Waals surface area contributed by atoms with Crippen LogP contribution in [0.2, 0.25) is 0 Å². The first-order chi connectivity index (χ1) is 9.24. The molecule has 0 radical (unpaired) electrons. The summed E-state index contributed by atoms with van der Waals surface area (Å²) in [5, 5.41) is 3.57. The lowest BCUT2D eigenvalue weighted by atomic mass is 9.83. The lowest BCUT2D eigenvalue weighted by molar-refractivity contribution is 0.287. The van der Waals surface area contributed by atoms with Crippen molar-refractivity contribution in [2.75, 3.05) is 20.2 Å². The van der Waals surface area contributed by atoms with Crippen molar-refractivity contribution >= 4 is 15.9 Å². The highest BCUT2D eigenvalue weighted by Gasteiger charge is 2.18. The Morgan fingerprint density at radius 3 is 2.84 bits per heavy atom. The van der Waals surface area contributed by atoms with Gasteiger partial charge in [0.25, 0.3) is 0 Å². The molecule has 0 spiro atoms. The van der Waals surface area contributed by atoms with E-state index in [1.165, 1.54) is 31.2 Å². The summed E-state index contributed by atoms with van der Waals surface area (Å²) in [5.74, 6) is 1.80. The van der Waals surface area contributed by atoms with E-state index in [1.807, 2.05) is 12.1 Å². The second-order valence-corrected chi connectivity index (χ2v) is 6.07. The van der Waals surface area contributed by atoms with Crippen molar-refractivity contribution < 1.29 is 4.74 Å². The Morgan fingerprint density at radius 2 is 2.26 bits per heavy atom. The normalized spacial score (nSPS) is 17.0. The average molecular weight is 327 g/mol. The molecule has 3 N–H and O–H groups in total. The molecule has 1 fully saturated rings. The van der Waals surface area contributed by atoms with Gasteiger partial charge in [0, 0.05) is 17.1 Å². The van der Waals surface area contributed by atoms with Crippen molar-refractivity contribution in [1.29, 1.82) is 0 Å². The van der Waals surface area contributed by atoms with Gasteiger partial charge in [-0.05, 0) is 42.6 Å². The van der Waals surface area contributed by atoms with Crippen LogP contribution < -0.4 is 15.8 Å². The zero-order chi connectivity index (χ0) is 13.7. The number of ether oxygens (including phenoxy) is 1. The molecule has 0 heterocycles. The first-order valence-corrected chi connectivity index (χ1v) is 7.80. The fourth-order valence-electron chi connectivity index (χ4n) is 2.48. The zero-order valence-electron chi connectivity index (χ0n) is 11.5. The quantitative estimate of drug-likeness (QED) is 0.808. The standard InChI is InChI=1S/C15H23BrN2O/c1-19-12-5-6-14(16)13(9-12)15(10-17)18-8-7-11-3-2-4-11/h5-6,9,11,15,18H,2-4,7-8,10,17H2,1H3. The first-order valence-electron chi connectivity index (χ1n) is 7.01. The number of benzene rings is 1. The number of nitrogens with one attached hydrogen (secondary N) is 1. The summed E-state index contributed by atoms with van der Waals surface area (Å²) in [6, 6.07) is 6.21. The van der Waals surface area contributed by atoms with Gasteiger partial charge in [0.05, 0.1) is 7.11 Å². The Kier molecular flexibility index (Phi) is 5.67. The molecule has 19 heavy (non-hydrogen) atoms. The molecule has 4 heteroatoms. The van der Waals surface area contributed by atoms with Crippen LogP contribution in [0, 0.1) is 5.92 Å². The Bertz CT molecular complexity index is 407. The molecule has 106 valence electrons. The number of halogens is 1. The van der Waals surface area contributed by atoms with E-state index in [4.69, 9.17) is 10.5 Å². The van der Waals surface area contributed by atoms with Crippen molar-refractivity contribution in [3.8, 4) is 5.75 Å². The highest BCUT2D eigenvalue weighted by Crippen LogP contribution is 2.30. The fourth-order valence-corrected chi connectivity index (χ4v) is 3.00. The predicted molar refractivity (Wildman–Crippen MR) is 82.5 cm³/mol. The number of nitrogens with two attached hydrogens (primary N) is 1. The molecule has 0 bridgehead atoms. The monoisotopic (exact) mass is 326 g/mol. The van der Waals surface area contributed by atoms with Crippen molar-refractivity contribution in [2.24, 2.45) is 11.7 Å². The van der Waals surface area contributed by atoms with E-state index < -0.39 is 0 Å². The summed E-state index contributed by atoms with van der Waals surface area (Å²) in [5.41, 5.74) is 7.08. The van der Waals surface area contributed by atoms with Gasteiger partial charge >= 0.3 is 0 Å². The first kappa shape index (κ1) is 14.8. The molecule has 1 unspecified atom stereocenters.